The molecule has 4 nitrogen and oxygen atoms in total. The summed E-state index contributed by atoms with van der Waals surface area (Å²) in [6.45, 7) is 3.41. The molecule has 0 amide bonds. The van der Waals surface area contributed by atoms with Gasteiger partial charge in [0.1, 0.15) is 5.82 Å². The van der Waals surface area contributed by atoms with Crippen molar-refractivity contribution in [1.29, 1.82) is 0 Å². The molecule has 132 valence electrons. The molecule has 4 heteroatoms. The molecule has 26 heavy (non-hydrogen) atoms. The number of nitrogens with zero attached hydrogens (tertiary/aromatic N) is 3. The molecule has 2 aromatic heterocycles. The van der Waals surface area contributed by atoms with Crippen molar-refractivity contribution in [2.45, 2.75) is 13.5 Å². The first kappa shape index (κ1) is 17.8. The van der Waals surface area contributed by atoms with Crippen LogP contribution in [0.4, 0.5) is 5.82 Å². The molecule has 0 atom stereocenters. The Balaban J connectivity index is 1.78. The molecular weight excluding hydrogens is 322 g/mol. The van der Waals surface area contributed by atoms with E-state index in [1.165, 1.54) is 11.1 Å². The van der Waals surface area contributed by atoms with E-state index in [9.17, 15) is 5.11 Å². The summed E-state index contributed by atoms with van der Waals surface area (Å²) in [5.74, 6) is 0.850. The summed E-state index contributed by atoms with van der Waals surface area (Å²) in [5, 5.41) is 9.45. The Hall–Kier alpha value is -2.98. The first-order valence-corrected chi connectivity index (χ1v) is 8.72. The fraction of sp³-hybridized carbons (Fsp3) is 0.182. The number of aryl methyl sites for hydroxylation is 1. The smallest absolute Gasteiger partial charge is 0.129 e. The fourth-order valence-corrected chi connectivity index (χ4v) is 2.66. The summed E-state index contributed by atoms with van der Waals surface area (Å²) >= 11 is 0. The van der Waals surface area contributed by atoms with E-state index in [-0.39, 0.29) is 6.61 Å². The van der Waals surface area contributed by atoms with E-state index < -0.39 is 0 Å². The van der Waals surface area contributed by atoms with Gasteiger partial charge in [0.25, 0.3) is 0 Å². The second-order valence-corrected chi connectivity index (χ2v) is 6.14. The Morgan fingerprint density at radius 2 is 1.69 bits per heavy atom. The number of hydrogen-bond acceptors (Lipinski definition) is 4. The van der Waals surface area contributed by atoms with Gasteiger partial charge in [-0.2, -0.15) is 0 Å². The molecule has 0 aliphatic heterocycles. The number of rotatable bonds is 7. The number of hydrogen-bond donors (Lipinski definition) is 1. The lowest BCUT2D eigenvalue weighted by Crippen LogP contribution is -2.27. The van der Waals surface area contributed by atoms with Crippen molar-refractivity contribution in [3.8, 4) is 0 Å². The van der Waals surface area contributed by atoms with Crippen LogP contribution in [0.2, 0.25) is 0 Å². The summed E-state index contributed by atoms with van der Waals surface area (Å²) in [6, 6.07) is 20.2. The lowest BCUT2D eigenvalue weighted by atomic mass is 10.1. The van der Waals surface area contributed by atoms with Crippen LogP contribution in [-0.2, 0) is 6.54 Å². The lowest BCUT2D eigenvalue weighted by molar-refractivity contribution is 0.301. The van der Waals surface area contributed by atoms with Gasteiger partial charge in [-0.3, -0.25) is 4.98 Å². The van der Waals surface area contributed by atoms with E-state index in [1.807, 2.05) is 48.6 Å². The van der Waals surface area contributed by atoms with Gasteiger partial charge in [-0.25, -0.2) is 4.98 Å². The van der Waals surface area contributed by atoms with Crippen LogP contribution in [-0.4, -0.2) is 28.2 Å². The SMILES string of the molecule is Cc1ccc(CN(CCO)c2cccc(/C=C/c3ccccn3)n2)cc1. The number of aliphatic hydroxyl groups excluding tert-OH is 1. The minimum atomic E-state index is 0.0849. The van der Waals surface area contributed by atoms with Crippen LogP contribution in [0.1, 0.15) is 22.5 Å². The molecule has 0 unspecified atom stereocenters. The molecule has 1 aromatic carbocycles. The lowest BCUT2D eigenvalue weighted by Gasteiger charge is -2.23. The maximum absolute atomic E-state index is 9.45. The number of anilines is 1. The molecule has 0 spiro atoms. The maximum Gasteiger partial charge on any atom is 0.129 e. The largest absolute Gasteiger partial charge is 0.395 e. The van der Waals surface area contributed by atoms with Crippen molar-refractivity contribution in [2.75, 3.05) is 18.1 Å². The summed E-state index contributed by atoms with van der Waals surface area (Å²) in [6.07, 6.45) is 5.67. The molecule has 1 N–H and O–H groups in total. The second kappa shape index (κ2) is 8.92. The number of pyridine rings is 2. The third-order valence-corrected chi connectivity index (χ3v) is 4.06. The Morgan fingerprint density at radius 3 is 2.42 bits per heavy atom. The fourth-order valence-electron chi connectivity index (χ4n) is 2.66. The van der Waals surface area contributed by atoms with Crippen LogP contribution in [0.15, 0.2) is 66.9 Å². The van der Waals surface area contributed by atoms with Gasteiger partial charge in [-0.15, -0.1) is 0 Å². The van der Waals surface area contributed by atoms with Crippen LogP contribution in [0.3, 0.4) is 0 Å². The van der Waals surface area contributed by atoms with Crippen molar-refractivity contribution in [3.63, 3.8) is 0 Å². The van der Waals surface area contributed by atoms with E-state index in [1.54, 1.807) is 6.20 Å². The van der Waals surface area contributed by atoms with Gasteiger partial charge in [0.2, 0.25) is 0 Å². The molecule has 0 radical (unpaired) electrons. The summed E-state index contributed by atoms with van der Waals surface area (Å²) in [4.78, 5) is 11.1. The molecule has 0 saturated heterocycles. The molecule has 0 bridgehead atoms. The summed E-state index contributed by atoms with van der Waals surface area (Å²) in [7, 11) is 0. The Labute approximate surface area is 154 Å². The van der Waals surface area contributed by atoms with Crippen LogP contribution >= 0.6 is 0 Å². The summed E-state index contributed by atoms with van der Waals surface area (Å²) < 4.78 is 0. The highest BCUT2D eigenvalue weighted by atomic mass is 16.3. The standard InChI is InChI=1S/C22H23N3O/c1-18-8-10-19(11-9-18)17-25(15-16-26)22-7-4-6-21(24-22)13-12-20-5-2-3-14-23-20/h2-14,26H,15-17H2,1H3/b13-12+. The van der Waals surface area contributed by atoms with Gasteiger partial charge in [-0.05, 0) is 48.9 Å². The van der Waals surface area contributed by atoms with Crippen molar-refractivity contribution >= 4 is 18.0 Å². The Bertz CT molecular complexity index is 845. The van der Waals surface area contributed by atoms with Crippen LogP contribution in [0.5, 0.6) is 0 Å². The summed E-state index contributed by atoms with van der Waals surface area (Å²) in [5.41, 5.74) is 4.19. The number of aliphatic hydroxyl groups is 1. The van der Waals surface area contributed by atoms with Gasteiger partial charge in [0.15, 0.2) is 0 Å². The van der Waals surface area contributed by atoms with Gasteiger partial charge < -0.3 is 10.0 Å². The number of benzene rings is 1. The van der Waals surface area contributed by atoms with Gasteiger partial charge >= 0.3 is 0 Å². The number of aromatic nitrogens is 2. The first-order valence-electron chi connectivity index (χ1n) is 8.72. The highest BCUT2D eigenvalue weighted by molar-refractivity contribution is 5.66. The van der Waals surface area contributed by atoms with Crippen molar-refractivity contribution in [3.05, 3.63) is 89.4 Å². The first-order chi connectivity index (χ1) is 12.7. The minimum Gasteiger partial charge on any atom is -0.395 e. The average molecular weight is 345 g/mol. The monoisotopic (exact) mass is 345 g/mol. The van der Waals surface area contributed by atoms with Crippen molar-refractivity contribution < 1.29 is 5.11 Å². The third-order valence-electron chi connectivity index (χ3n) is 4.06. The predicted molar refractivity (Wildman–Crippen MR) is 107 cm³/mol. The van der Waals surface area contributed by atoms with Crippen molar-refractivity contribution in [1.82, 2.24) is 9.97 Å². The molecule has 0 saturated carbocycles. The molecule has 2 heterocycles. The van der Waals surface area contributed by atoms with E-state index in [2.05, 4.69) is 41.1 Å². The highest BCUT2D eigenvalue weighted by Gasteiger charge is 2.08. The average Bonchev–Trinajstić information content (AvgIpc) is 2.69. The van der Waals surface area contributed by atoms with Crippen molar-refractivity contribution in [2.24, 2.45) is 0 Å². The predicted octanol–water partition coefficient (Wildman–Crippen LogP) is 3.95. The Morgan fingerprint density at radius 1 is 0.923 bits per heavy atom. The third kappa shape index (κ3) is 5.01. The second-order valence-electron chi connectivity index (χ2n) is 6.14. The zero-order chi connectivity index (χ0) is 18.2. The van der Waals surface area contributed by atoms with E-state index in [0.29, 0.717) is 13.1 Å². The van der Waals surface area contributed by atoms with E-state index >= 15 is 0 Å². The van der Waals surface area contributed by atoms with Gasteiger partial charge in [0, 0.05) is 19.3 Å². The minimum absolute atomic E-state index is 0.0849. The molecule has 3 aromatic rings. The van der Waals surface area contributed by atoms with Crippen LogP contribution in [0.25, 0.3) is 12.2 Å². The topological polar surface area (TPSA) is 49.2 Å². The van der Waals surface area contributed by atoms with Gasteiger partial charge in [-0.1, -0.05) is 42.0 Å². The normalized spacial score (nSPS) is 11.0. The molecule has 0 fully saturated rings. The quantitative estimate of drug-likeness (QED) is 0.704. The highest BCUT2D eigenvalue weighted by Crippen LogP contribution is 2.16. The maximum atomic E-state index is 9.45. The zero-order valence-electron chi connectivity index (χ0n) is 14.9. The Kier molecular flexibility index (Phi) is 6.12. The van der Waals surface area contributed by atoms with Crippen LogP contribution in [0, 0.1) is 6.92 Å². The molecule has 3 rings (SSSR count). The molecular formula is C22H23N3O. The van der Waals surface area contributed by atoms with Crippen LogP contribution < -0.4 is 4.90 Å². The van der Waals surface area contributed by atoms with E-state index in [0.717, 1.165) is 17.2 Å². The zero-order valence-corrected chi connectivity index (χ0v) is 14.9. The molecule has 0 aliphatic carbocycles. The molecule has 0 aliphatic rings. The van der Waals surface area contributed by atoms with E-state index in [4.69, 9.17) is 4.98 Å². The van der Waals surface area contributed by atoms with Gasteiger partial charge in [0.05, 0.1) is 18.0 Å².